The molecule has 0 amide bonds. The molecule has 0 spiro atoms. The molecule has 1 rings (SSSR count). The normalized spacial score (nSPS) is 12.9. The summed E-state index contributed by atoms with van der Waals surface area (Å²) < 4.78 is 32.1. The number of hydrogen-bond donors (Lipinski definition) is 0. The first-order chi connectivity index (χ1) is 9.11. The van der Waals surface area contributed by atoms with Gasteiger partial charge in [-0.15, -0.1) is 0 Å². The molecule has 1 aromatic carbocycles. The third-order valence-electron chi connectivity index (χ3n) is 2.55. The van der Waals surface area contributed by atoms with E-state index in [0.717, 1.165) is 12.1 Å². The van der Waals surface area contributed by atoms with Gasteiger partial charge in [-0.3, -0.25) is 9.59 Å². The minimum atomic E-state index is -0.925. The van der Waals surface area contributed by atoms with Gasteiger partial charge in [0.15, 0.2) is 5.78 Å². The van der Waals surface area contributed by atoms with E-state index in [-0.39, 0.29) is 6.42 Å². The highest BCUT2D eigenvalue weighted by Gasteiger charge is 2.26. The van der Waals surface area contributed by atoms with Gasteiger partial charge in [0, 0.05) is 5.92 Å². The second kappa shape index (κ2) is 6.11. The number of hydrogen-bond acceptors (Lipinski definition) is 3. The van der Waals surface area contributed by atoms with Crippen molar-refractivity contribution in [1.29, 1.82) is 0 Å². The molecule has 0 saturated carbocycles. The molecule has 3 nitrogen and oxygen atoms in total. The van der Waals surface area contributed by atoms with Crippen LogP contribution in [0.1, 0.15) is 44.5 Å². The summed E-state index contributed by atoms with van der Waals surface area (Å²) >= 11 is 0. The van der Waals surface area contributed by atoms with Gasteiger partial charge in [0.25, 0.3) is 0 Å². The molecule has 0 bridgehead atoms. The first kappa shape index (κ1) is 16.3. The van der Waals surface area contributed by atoms with E-state index in [4.69, 9.17) is 4.74 Å². The van der Waals surface area contributed by atoms with Crippen molar-refractivity contribution < 1.29 is 23.1 Å². The second-order valence-corrected chi connectivity index (χ2v) is 5.65. The van der Waals surface area contributed by atoms with E-state index >= 15 is 0 Å². The number of esters is 1. The van der Waals surface area contributed by atoms with Gasteiger partial charge in [0.1, 0.15) is 17.2 Å². The molecule has 20 heavy (non-hydrogen) atoms. The molecule has 1 atom stereocenters. The number of carbonyl (C=O) groups is 2. The summed E-state index contributed by atoms with van der Waals surface area (Å²) in [5, 5.41) is 0. The fourth-order valence-electron chi connectivity index (χ4n) is 1.71. The van der Waals surface area contributed by atoms with Crippen molar-refractivity contribution in [2.24, 2.45) is 5.92 Å². The number of rotatable bonds is 4. The monoisotopic (exact) mass is 284 g/mol. The summed E-state index contributed by atoms with van der Waals surface area (Å²) in [5.74, 6) is -4.02. The van der Waals surface area contributed by atoms with Crippen LogP contribution in [0.2, 0.25) is 0 Å². The topological polar surface area (TPSA) is 43.4 Å². The van der Waals surface area contributed by atoms with E-state index < -0.39 is 40.5 Å². The molecule has 0 aliphatic heterocycles. The van der Waals surface area contributed by atoms with Gasteiger partial charge in [0.05, 0.1) is 12.0 Å². The van der Waals surface area contributed by atoms with Crippen LogP contribution in [-0.4, -0.2) is 17.4 Å². The smallest absolute Gasteiger partial charge is 0.307 e. The Kier molecular flexibility index (Phi) is 4.98. The Morgan fingerprint density at radius 1 is 1.20 bits per heavy atom. The fraction of sp³-hybridized carbons (Fsp3) is 0.467. The minimum Gasteiger partial charge on any atom is -0.460 e. The lowest BCUT2D eigenvalue weighted by Crippen LogP contribution is -2.27. The number of benzene rings is 1. The molecule has 0 radical (unpaired) electrons. The highest BCUT2D eigenvalue weighted by atomic mass is 19.1. The highest BCUT2D eigenvalue weighted by molar-refractivity contribution is 5.99. The predicted octanol–water partition coefficient (Wildman–Crippen LogP) is 3.52. The Bertz CT molecular complexity index is 498. The molecule has 0 aliphatic carbocycles. The van der Waals surface area contributed by atoms with Crippen molar-refractivity contribution in [2.45, 2.75) is 39.7 Å². The van der Waals surface area contributed by atoms with Crippen LogP contribution in [0.25, 0.3) is 0 Å². The zero-order chi connectivity index (χ0) is 15.5. The molecule has 0 saturated heterocycles. The average Bonchev–Trinajstić information content (AvgIpc) is 2.25. The molecule has 0 N–H and O–H groups in total. The maximum absolute atomic E-state index is 13.5. The maximum atomic E-state index is 13.5. The van der Waals surface area contributed by atoms with Crippen LogP contribution in [0, 0.1) is 17.6 Å². The molecule has 5 heteroatoms. The number of Topliss-reactive ketones (excluding diaryl/α,β-unsaturated/α-hetero) is 1. The summed E-state index contributed by atoms with van der Waals surface area (Å²) in [7, 11) is 0. The zero-order valence-corrected chi connectivity index (χ0v) is 12.0. The van der Waals surface area contributed by atoms with Gasteiger partial charge in [-0.2, -0.15) is 0 Å². The van der Waals surface area contributed by atoms with E-state index in [1.807, 2.05) is 0 Å². The second-order valence-electron chi connectivity index (χ2n) is 5.65. The number of ether oxygens (including phenoxy) is 1. The lowest BCUT2D eigenvalue weighted by molar-refractivity contribution is -0.155. The molecule has 0 fully saturated rings. The molecular formula is C15H18F2O3. The van der Waals surface area contributed by atoms with Crippen molar-refractivity contribution in [1.82, 2.24) is 0 Å². The summed E-state index contributed by atoms with van der Waals surface area (Å²) in [5.41, 5.74) is -1.27. The Balaban J connectivity index is 2.80. The molecule has 0 aliphatic rings. The van der Waals surface area contributed by atoms with Gasteiger partial charge in [0.2, 0.25) is 0 Å². The van der Waals surface area contributed by atoms with Crippen LogP contribution >= 0.6 is 0 Å². The van der Waals surface area contributed by atoms with E-state index in [2.05, 4.69) is 0 Å². The van der Waals surface area contributed by atoms with Crippen molar-refractivity contribution in [3.05, 3.63) is 35.4 Å². The summed E-state index contributed by atoms with van der Waals surface area (Å²) in [6.45, 7) is 6.55. The summed E-state index contributed by atoms with van der Waals surface area (Å²) in [6, 6.07) is 3.20. The highest BCUT2D eigenvalue weighted by Crippen LogP contribution is 2.20. The van der Waals surface area contributed by atoms with Gasteiger partial charge >= 0.3 is 5.97 Å². The number of ketones is 1. The van der Waals surface area contributed by atoms with E-state index in [1.54, 1.807) is 20.8 Å². The molecule has 0 heterocycles. The van der Waals surface area contributed by atoms with Gasteiger partial charge < -0.3 is 4.74 Å². The maximum Gasteiger partial charge on any atom is 0.307 e. The molecular weight excluding hydrogens is 266 g/mol. The number of halogens is 2. The van der Waals surface area contributed by atoms with E-state index in [0.29, 0.717) is 0 Å². The lowest BCUT2D eigenvalue weighted by atomic mass is 9.95. The molecule has 0 aromatic heterocycles. The standard InChI is InChI=1S/C15H18F2O3/c1-9(8-12(18)20-15(2,3)4)14(19)13-10(16)6-5-7-11(13)17/h5-7,9H,8H2,1-4H3/t9-/m0/s1. The van der Waals surface area contributed by atoms with Gasteiger partial charge in [-0.05, 0) is 32.9 Å². The third-order valence-corrected chi connectivity index (χ3v) is 2.55. The largest absolute Gasteiger partial charge is 0.460 e. The number of carbonyl (C=O) groups excluding carboxylic acids is 2. The Morgan fingerprint density at radius 2 is 1.70 bits per heavy atom. The average molecular weight is 284 g/mol. The van der Waals surface area contributed by atoms with Crippen LogP contribution in [0.5, 0.6) is 0 Å². The van der Waals surface area contributed by atoms with Crippen molar-refractivity contribution in [3.63, 3.8) is 0 Å². The van der Waals surface area contributed by atoms with Crippen LogP contribution in [0.15, 0.2) is 18.2 Å². The van der Waals surface area contributed by atoms with Crippen LogP contribution in [0.4, 0.5) is 8.78 Å². The first-order valence-electron chi connectivity index (χ1n) is 6.32. The van der Waals surface area contributed by atoms with E-state index in [1.165, 1.54) is 13.0 Å². The quantitative estimate of drug-likeness (QED) is 0.627. The molecule has 0 unspecified atom stereocenters. The minimum absolute atomic E-state index is 0.218. The van der Waals surface area contributed by atoms with Crippen LogP contribution in [-0.2, 0) is 9.53 Å². The lowest BCUT2D eigenvalue weighted by Gasteiger charge is -2.20. The SMILES string of the molecule is C[C@@H](CC(=O)OC(C)(C)C)C(=O)c1c(F)cccc1F. The van der Waals surface area contributed by atoms with Crippen molar-refractivity contribution in [2.75, 3.05) is 0 Å². The van der Waals surface area contributed by atoms with E-state index in [9.17, 15) is 18.4 Å². The fourth-order valence-corrected chi connectivity index (χ4v) is 1.71. The Morgan fingerprint density at radius 3 is 2.15 bits per heavy atom. The third kappa shape index (κ3) is 4.40. The molecule has 110 valence electrons. The molecule has 1 aromatic rings. The summed E-state index contributed by atoms with van der Waals surface area (Å²) in [4.78, 5) is 23.6. The van der Waals surface area contributed by atoms with Gasteiger partial charge in [-0.1, -0.05) is 13.0 Å². The zero-order valence-electron chi connectivity index (χ0n) is 12.0. The van der Waals surface area contributed by atoms with Crippen molar-refractivity contribution in [3.8, 4) is 0 Å². The van der Waals surface area contributed by atoms with Crippen molar-refractivity contribution >= 4 is 11.8 Å². The Hall–Kier alpha value is -1.78. The van der Waals surface area contributed by atoms with Crippen LogP contribution < -0.4 is 0 Å². The van der Waals surface area contributed by atoms with Crippen LogP contribution in [0.3, 0.4) is 0 Å². The first-order valence-corrected chi connectivity index (χ1v) is 6.32. The predicted molar refractivity (Wildman–Crippen MR) is 70.3 cm³/mol. The summed E-state index contributed by atoms with van der Waals surface area (Å²) in [6.07, 6.45) is -0.218. The van der Waals surface area contributed by atoms with Gasteiger partial charge in [-0.25, -0.2) is 8.78 Å². The Labute approximate surface area is 116 Å².